The lowest BCUT2D eigenvalue weighted by Crippen LogP contribution is -2.29. The first-order valence-electron chi connectivity index (χ1n) is 5.68. The van der Waals surface area contributed by atoms with E-state index in [9.17, 15) is 0 Å². The summed E-state index contributed by atoms with van der Waals surface area (Å²) in [5.74, 6) is 2.14. The van der Waals surface area contributed by atoms with Crippen LogP contribution in [-0.4, -0.2) is 18.3 Å². The molecule has 0 aliphatic rings. The molecule has 0 unspecified atom stereocenters. The Balaban J connectivity index is 2.14. The van der Waals surface area contributed by atoms with Crippen LogP contribution in [0.4, 0.5) is 0 Å². The van der Waals surface area contributed by atoms with Crippen molar-refractivity contribution in [3.63, 3.8) is 0 Å². The summed E-state index contributed by atoms with van der Waals surface area (Å²) in [5.41, 5.74) is 0. The Hall–Kier alpha value is -0.410. The molecule has 3 heteroatoms. The zero-order valence-corrected chi connectivity index (χ0v) is 10.7. The molecule has 0 spiro atoms. The van der Waals surface area contributed by atoms with E-state index < -0.39 is 0 Å². The summed E-state index contributed by atoms with van der Waals surface area (Å²) in [6.07, 6.45) is 4.18. The molecule has 0 saturated carbocycles. The summed E-state index contributed by atoms with van der Waals surface area (Å²) >= 11 is 1.86. The summed E-state index contributed by atoms with van der Waals surface area (Å²) in [4.78, 5) is 1.27. The van der Waals surface area contributed by atoms with E-state index in [4.69, 9.17) is 4.42 Å². The van der Waals surface area contributed by atoms with Crippen LogP contribution in [-0.2, 0) is 0 Å². The van der Waals surface area contributed by atoms with Gasteiger partial charge in [-0.05, 0) is 25.8 Å². The number of hydrogen-bond acceptors (Lipinski definition) is 3. The van der Waals surface area contributed by atoms with Gasteiger partial charge in [-0.3, -0.25) is 0 Å². The predicted octanol–water partition coefficient (Wildman–Crippen LogP) is 3.46. The Kier molecular flexibility index (Phi) is 5.88. The summed E-state index contributed by atoms with van der Waals surface area (Å²) in [5, 5.41) is 3.55. The highest BCUT2D eigenvalue weighted by atomic mass is 32.2. The highest BCUT2D eigenvalue weighted by Crippen LogP contribution is 2.22. The quantitative estimate of drug-likeness (QED) is 0.570. The van der Waals surface area contributed by atoms with Crippen molar-refractivity contribution in [1.82, 2.24) is 5.32 Å². The highest BCUT2D eigenvalue weighted by molar-refractivity contribution is 7.99. The molecule has 15 heavy (non-hydrogen) atoms. The van der Waals surface area contributed by atoms with Crippen molar-refractivity contribution < 1.29 is 4.42 Å². The third kappa shape index (κ3) is 4.31. The number of hydrogen-bond donors (Lipinski definition) is 1. The van der Waals surface area contributed by atoms with Gasteiger partial charge in [-0.25, -0.2) is 0 Å². The first-order chi connectivity index (χ1) is 7.27. The van der Waals surface area contributed by atoms with Gasteiger partial charge in [0, 0.05) is 23.2 Å². The van der Waals surface area contributed by atoms with Gasteiger partial charge in [0.25, 0.3) is 0 Å². The normalized spacial score (nSPS) is 11.2. The average molecular weight is 227 g/mol. The molecule has 1 heterocycles. The third-order valence-corrected chi connectivity index (χ3v) is 3.73. The molecule has 0 aromatic carbocycles. The number of furan rings is 1. The van der Waals surface area contributed by atoms with E-state index in [0.29, 0.717) is 6.04 Å². The zero-order chi connectivity index (χ0) is 11.1. The summed E-state index contributed by atoms with van der Waals surface area (Å²) in [6.45, 7) is 7.54. The first-order valence-corrected chi connectivity index (χ1v) is 6.66. The van der Waals surface area contributed by atoms with Gasteiger partial charge in [-0.15, -0.1) is 11.8 Å². The van der Waals surface area contributed by atoms with E-state index in [-0.39, 0.29) is 0 Å². The maximum absolute atomic E-state index is 5.24. The number of aryl methyl sites for hydroxylation is 1. The Morgan fingerprint density at radius 1 is 1.40 bits per heavy atom. The molecule has 2 nitrogen and oxygen atoms in total. The molecular formula is C12H21NOS. The van der Waals surface area contributed by atoms with Gasteiger partial charge in [0.2, 0.25) is 0 Å². The Labute approximate surface area is 96.8 Å². The molecule has 0 aliphatic heterocycles. The van der Waals surface area contributed by atoms with Crippen LogP contribution in [0, 0.1) is 6.92 Å². The maximum atomic E-state index is 5.24. The van der Waals surface area contributed by atoms with Crippen LogP contribution < -0.4 is 5.32 Å². The van der Waals surface area contributed by atoms with E-state index in [2.05, 4.69) is 19.2 Å². The van der Waals surface area contributed by atoms with E-state index in [1.165, 1.54) is 17.7 Å². The average Bonchev–Trinajstić information content (AvgIpc) is 2.65. The number of thioether (sulfide) groups is 1. The molecule has 1 aromatic heterocycles. The summed E-state index contributed by atoms with van der Waals surface area (Å²) < 4.78 is 5.24. The van der Waals surface area contributed by atoms with Crippen molar-refractivity contribution >= 4 is 11.8 Å². The van der Waals surface area contributed by atoms with E-state index in [1.807, 2.05) is 24.8 Å². The molecule has 0 radical (unpaired) electrons. The highest BCUT2D eigenvalue weighted by Gasteiger charge is 2.03. The van der Waals surface area contributed by atoms with E-state index in [0.717, 1.165) is 18.1 Å². The first kappa shape index (κ1) is 12.7. The number of nitrogens with one attached hydrogen (secondary N) is 1. The van der Waals surface area contributed by atoms with Crippen molar-refractivity contribution in [2.45, 2.75) is 44.6 Å². The van der Waals surface area contributed by atoms with Crippen LogP contribution in [0.1, 0.15) is 32.4 Å². The molecule has 0 saturated heterocycles. The predicted molar refractivity (Wildman–Crippen MR) is 66.5 cm³/mol. The van der Waals surface area contributed by atoms with Crippen molar-refractivity contribution in [3.8, 4) is 0 Å². The minimum absolute atomic E-state index is 0.677. The SMILES string of the molecule is CCC(CC)NCCSc1ccoc1C. The molecule has 1 aromatic rings. The summed E-state index contributed by atoms with van der Waals surface area (Å²) in [7, 11) is 0. The van der Waals surface area contributed by atoms with Gasteiger partial charge in [-0.1, -0.05) is 13.8 Å². The molecule has 86 valence electrons. The lowest BCUT2D eigenvalue weighted by molar-refractivity contribution is 0.501. The van der Waals surface area contributed by atoms with E-state index >= 15 is 0 Å². The van der Waals surface area contributed by atoms with Gasteiger partial charge in [0.05, 0.1) is 6.26 Å². The van der Waals surface area contributed by atoms with Crippen molar-refractivity contribution in [2.24, 2.45) is 0 Å². The summed E-state index contributed by atoms with van der Waals surface area (Å²) in [6, 6.07) is 2.72. The molecule has 1 rings (SSSR count). The second-order valence-electron chi connectivity index (χ2n) is 3.66. The van der Waals surface area contributed by atoms with Crippen LogP contribution in [0.15, 0.2) is 21.6 Å². The van der Waals surface area contributed by atoms with Crippen molar-refractivity contribution in [3.05, 3.63) is 18.1 Å². The van der Waals surface area contributed by atoms with Gasteiger partial charge in [0.1, 0.15) is 5.76 Å². The molecule has 0 bridgehead atoms. The molecule has 0 atom stereocenters. The van der Waals surface area contributed by atoms with Crippen LogP contribution in [0.2, 0.25) is 0 Å². The monoisotopic (exact) mass is 227 g/mol. The Bertz CT molecular complexity index is 268. The molecule has 0 amide bonds. The van der Waals surface area contributed by atoms with Crippen LogP contribution in [0.25, 0.3) is 0 Å². The third-order valence-electron chi connectivity index (χ3n) is 2.59. The van der Waals surface area contributed by atoms with E-state index in [1.54, 1.807) is 6.26 Å². The second kappa shape index (κ2) is 6.96. The van der Waals surface area contributed by atoms with Crippen LogP contribution >= 0.6 is 11.8 Å². The van der Waals surface area contributed by atoms with Crippen LogP contribution in [0.3, 0.4) is 0 Å². The standard InChI is InChI=1S/C12H21NOS/c1-4-11(5-2)13-7-9-15-12-6-8-14-10(12)3/h6,8,11,13H,4-5,7,9H2,1-3H3. The lowest BCUT2D eigenvalue weighted by atomic mass is 10.2. The fourth-order valence-electron chi connectivity index (χ4n) is 1.52. The molecule has 1 N–H and O–H groups in total. The Morgan fingerprint density at radius 2 is 2.13 bits per heavy atom. The van der Waals surface area contributed by atoms with Crippen LogP contribution in [0.5, 0.6) is 0 Å². The maximum Gasteiger partial charge on any atom is 0.114 e. The fourth-order valence-corrected chi connectivity index (χ4v) is 2.37. The van der Waals surface area contributed by atoms with Crippen molar-refractivity contribution in [1.29, 1.82) is 0 Å². The lowest BCUT2D eigenvalue weighted by Gasteiger charge is -2.13. The molecular weight excluding hydrogens is 206 g/mol. The van der Waals surface area contributed by atoms with Gasteiger partial charge < -0.3 is 9.73 Å². The smallest absolute Gasteiger partial charge is 0.114 e. The molecule has 0 fully saturated rings. The Morgan fingerprint density at radius 3 is 2.67 bits per heavy atom. The largest absolute Gasteiger partial charge is 0.468 e. The van der Waals surface area contributed by atoms with Gasteiger partial charge >= 0.3 is 0 Å². The molecule has 0 aliphatic carbocycles. The van der Waals surface area contributed by atoms with Crippen molar-refractivity contribution in [2.75, 3.05) is 12.3 Å². The minimum Gasteiger partial charge on any atom is -0.468 e. The second-order valence-corrected chi connectivity index (χ2v) is 4.79. The zero-order valence-electron chi connectivity index (χ0n) is 9.88. The van der Waals surface area contributed by atoms with Gasteiger partial charge in [-0.2, -0.15) is 0 Å². The fraction of sp³-hybridized carbons (Fsp3) is 0.667. The minimum atomic E-state index is 0.677. The van der Waals surface area contributed by atoms with Gasteiger partial charge in [0.15, 0.2) is 0 Å². The number of rotatable bonds is 7. The topological polar surface area (TPSA) is 25.2 Å².